The summed E-state index contributed by atoms with van der Waals surface area (Å²) in [4.78, 5) is 31.6. The molecule has 3 atom stereocenters. The molecule has 1 aliphatic heterocycles. The first-order chi connectivity index (χ1) is 14.7. The highest BCUT2D eigenvalue weighted by Gasteiger charge is 2.61. The van der Waals surface area contributed by atoms with Gasteiger partial charge in [0.15, 0.2) is 5.78 Å². The van der Waals surface area contributed by atoms with Crippen molar-refractivity contribution in [1.82, 2.24) is 15.2 Å². The predicted molar refractivity (Wildman–Crippen MR) is 121 cm³/mol. The third-order valence-corrected chi connectivity index (χ3v) is 8.91. The number of rotatable bonds is 5. The molecule has 6 nitrogen and oxygen atoms in total. The van der Waals surface area contributed by atoms with Crippen LogP contribution in [-0.2, 0) is 10.2 Å². The molecular weight excluding hydrogens is 408 g/mol. The maximum atomic E-state index is 13.0. The van der Waals surface area contributed by atoms with Crippen LogP contribution in [0.25, 0.3) is 0 Å². The van der Waals surface area contributed by atoms with Crippen molar-refractivity contribution < 1.29 is 9.59 Å². The van der Waals surface area contributed by atoms with Crippen molar-refractivity contribution in [2.45, 2.75) is 75.1 Å². The van der Waals surface area contributed by atoms with E-state index in [1.807, 2.05) is 31.2 Å². The molecule has 5 rings (SSSR count). The lowest BCUT2D eigenvalue weighted by Gasteiger charge is -2.34. The average Bonchev–Trinajstić information content (AvgIpc) is 3.33. The van der Waals surface area contributed by atoms with Gasteiger partial charge in [-0.25, -0.2) is 4.98 Å². The monoisotopic (exact) mass is 436 g/mol. The molecule has 0 spiro atoms. The van der Waals surface area contributed by atoms with E-state index in [9.17, 15) is 9.59 Å². The normalized spacial score (nSPS) is 26.9. The van der Waals surface area contributed by atoms with Crippen LogP contribution < -0.4 is 4.90 Å². The molecular formula is C24H28N4O2S. The van der Waals surface area contributed by atoms with Gasteiger partial charge in [-0.1, -0.05) is 32.5 Å². The highest BCUT2D eigenvalue weighted by molar-refractivity contribution is 8.00. The molecule has 1 amide bonds. The van der Waals surface area contributed by atoms with E-state index >= 15 is 0 Å². The summed E-state index contributed by atoms with van der Waals surface area (Å²) in [6, 6.07) is 7.34. The zero-order valence-corrected chi connectivity index (χ0v) is 19.3. The van der Waals surface area contributed by atoms with Gasteiger partial charge < -0.3 is 4.90 Å². The molecule has 1 saturated heterocycles. The van der Waals surface area contributed by atoms with Crippen molar-refractivity contribution in [2.75, 3.05) is 11.4 Å². The second kappa shape index (κ2) is 7.12. The van der Waals surface area contributed by atoms with Crippen molar-refractivity contribution >= 4 is 29.1 Å². The Bertz CT molecular complexity index is 1070. The van der Waals surface area contributed by atoms with Gasteiger partial charge in [0.05, 0.1) is 16.6 Å². The highest BCUT2D eigenvalue weighted by Crippen LogP contribution is 2.66. The summed E-state index contributed by atoms with van der Waals surface area (Å²) in [5.41, 5.74) is 3.78. The fourth-order valence-corrected chi connectivity index (χ4v) is 6.38. The quantitative estimate of drug-likeness (QED) is 0.506. The fourth-order valence-electron chi connectivity index (χ4n) is 5.59. The average molecular weight is 437 g/mol. The van der Waals surface area contributed by atoms with Crippen LogP contribution in [-0.4, -0.2) is 38.7 Å². The molecule has 2 aliphatic carbocycles. The Morgan fingerprint density at radius 3 is 2.61 bits per heavy atom. The number of ketones is 1. The zero-order chi connectivity index (χ0) is 22.0. The topological polar surface area (TPSA) is 76.1 Å². The molecule has 0 radical (unpaired) electrons. The Kier molecular flexibility index (Phi) is 4.73. The summed E-state index contributed by atoms with van der Waals surface area (Å²) in [7, 11) is 0. The Hall–Kier alpha value is -2.28. The summed E-state index contributed by atoms with van der Waals surface area (Å²) < 4.78 is 0. The Labute approximate surface area is 187 Å². The summed E-state index contributed by atoms with van der Waals surface area (Å²) in [6.45, 7) is 9.55. The van der Waals surface area contributed by atoms with E-state index in [1.165, 1.54) is 11.8 Å². The van der Waals surface area contributed by atoms with Gasteiger partial charge in [-0.2, -0.15) is 5.10 Å². The molecule has 31 heavy (non-hydrogen) atoms. The number of hydrogen-bond donors (Lipinski definition) is 0. The van der Waals surface area contributed by atoms with Crippen LogP contribution in [0.1, 0.15) is 81.0 Å². The number of amides is 1. The molecule has 2 aromatic rings. The second-order valence-corrected chi connectivity index (χ2v) is 11.1. The molecule has 1 aromatic heterocycles. The number of hydrogen-bond acceptors (Lipinski definition) is 6. The van der Waals surface area contributed by atoms with Crippen molar-refractivity contribution in [3.05, 3.63) is 41.2 Å². The first kappa shape index (κ1) is 20.6. The van der Waals surface area contributed by atoms with Crippen molar-refractivity contribution in [2.24, 2.45) is 5.41 Å². The smallest absolute Gasteiger partial charge is 0.227 e. The second-order valence-electron chi connectivity index (χ2n) is 9.79. The van der Waals surface area contributed by atoms with Gasteiger partial charge in [-0.05, 0) is 55.9 Å². The maximum Gasteiger partial charge on any atom is 0.227 e. The van der Waals surface area contributed by atoms with Crippen LogP contribution in [0.15, 0.2) is 29.4 Å². The van der Waals surface area contributed by atoms with Gasteiger partial charge in [0.2, 0.25) is 11.1 Å². The van der Waals surface area contributed by atoms with Crippen LogP contribution in [0, 0.1) is 5.41 Å². The van der Waals surface area contributed by atoms with Gasteiger partial charge in [-0.15, -0.1) is 5.10 Å². The standard InChI is InChI=1S/C24H28N4O2S/c1-14(20(30)15-7-9-16(10-8-15)28-13-5-6-18(28)29)31-22-25-21-19(26-27-22)17-11-12-24(21,4)23(17,2)3/h7-10,14,17H,5-6,11-13H2,1-4H3/t14-,17+,24-/m0/s1. The van der Waals surface area contributed by atoms with E-state index in [4.69, 9.17) is 4.98 Å². The van der Waals surface area contributed by atoms with Crippen molar-refractivity contribution in [1.29, 1.82) is 0 Å². The molecule has 3 aliphatic rings. The summed E-state index contributed by atoms with van der Waals surface area (Å²) in [5, 5.41) is 9.16. The van der Waals surface area contributed by atoms with Gasteiger partial charge in [-0.3, -0.25) is 9.59 Å². The van der Waals surface area contributed by atoms with Crippen molar-refractivity contribution in [3.63, 3.8) is 0 Å². The van der Waals surface area contributed by atoms with Gasteiger partial charge in [0.25, 0.3) is 0 Å². The first-order valence-electron chi connectivity index (χ1n) is 11.1. The zero-order valence-electron chi connectivity index (χ0n) is 18.5. The number of anilines is 1. The lowest BCUT2D eigenvalue weighted by atomic mass is 9.70. The third-order valence-electron chi connectivity index (χ3n) is 7.96. The molecule has 1 aromatic carbocycles. The summed E-state index contributed by atoms with van der Waals surface area (Å²) >= 11 is 1.37. The molecule has 7 heteroatoms. The van der Waals surface area contributed by atoms with Gasteiger partial charge >= 0.3 is 0 Å². The van der Waals surface area contributed by atoms with E-state index in [0.29, 0.717) is 23.1 Å². The number of aromatic nitrogens is 3. The van der Waals surface area contributed by atoms with Crippen LogP contribution in [0.4, 0.5) is 5.69 Å². The number of thioether (sulfide) groups is 1. The van der Waals surface area contributed by atoms with Crippen LogP contribution in [0.2, 0.25) is 0 Å². The predicted octanol–water partition coefficient (Wildman–Crippen LogP) is 4.54. The number of carbonyl (C=O) groups is 2. The fraction of sp³-hybridized carbons (Fsp3) is 0.542. The van der Waals surface area contributed by atoms with Crippen LogP contribution >= 0.6 is 11.8 Å². The van der Waals surface area contributed by atoms with Crippen LogP contribution in [0.5, 0.6) is 0 Å². The van der Waals surface area contributed by atoms with E-state index in [0.717, 1.165) is 42.9 Å². The lowest BCUT2D eigenvalue weighted by molar-refractivity contribution is -0.117. The number of Topliss-reactive ketones (excluding diaryl/α,β-unsaturated/α-hetero) is 1. The number of benzene rings is 1. The molecule has 2 bridgehead atoms. The van der Waals surface area contributed by atoms with Crippen molar-refractivity contribution in [3.8, 4) is 0 Å². The van der Waals surface area contributed by atoms with Gasteiger partial charge in [0.1, 0.15) is 0 Å². The summed E-state index contributed by atoms with van der Waals surface area (Å²) in [5.74, 6) is 0.600. The van der Waals surface area contributed by atoms with Crippen LogP contribution in [0.3, 0.4) is 0 Å². The van der Waals surface area contributed by atoms with Gasteiger partial charge in [0, 0.05) is 35.5 Å². The minimum atomic E-state index is -0.321. The number of carbonyl (C=O) groups excluding carboxylic acids is 2. The number of nitrogens with zero attached hydrogens (tertiary/aromatic N) is 4. The molecule has 2 fully saturated rings. The Morgan fingerprint density at radius 2 is 1.94 bits per heavy atom. The molecule has 0 N–H and O–H groups in total. The van der Waals surface area contributed by atoms with E-state index in [1.54, 1.807) is 4.90 Å². The Morgan fingerprint density at radius 1 is 1.19 bits per heavy atom. The molecule has 162 valence electrons. The van der Waals surface area contributed by atoms with E-state index in [-0.39, 0.29) is 27.8 Å². The lowest BCUT2D eigenvalue weighted by Crippen LogP contribution is -2.32. The SMILES string of the molecule is C[C@H](Sc1nnc2c(n1)[C@]1(C)CC[C@H]2C1(C)C)C(=O)c1ccc(N2CCCC2=O)cc1. The summed E-state index contributed by atoms with van der Waals surface area (Å²) in [6.07, 6.45) is 3.76. The number of fused-ring (bicyclic) bond motifs is 5. The largest absolute Gasteiger partial charge is 0.312 e. The minimum Gasteiger partial charge on any atom is -0.312 e. The van der Waals surface area contributed by atoms with E-state index in [2.05, 4.69) is 31.0 Å². The molecule has 0 unspecified atom stereocenters. The molecule has 1 saturated carbocycles. The molecule has 2 heterocycles. The Balaban J connectivity index is 1.32. The highest BCUT2D eigenvalue weighted by atomic mass is 32.2. The van der Waals surface area contributed by atoms with E-state index < -0.39 is 0 Å². The third kappa shape index (κ3) is 3.04. The maximum absolute atomic E-state index is 13.0. The minimum absolute atomic E-state index is 0.0222. The first-order valence-corrected chi connectivity index (χ1v) is 12.0.